The van der Waals surface area contributed by atoms with Gasteiger partial charge in [-0.2, -0.15) is 0 Å². The number of thioether (sulfide) groups is 1. The molecular weight excluding hydrogens is 335 g/mol. The van der Waals surface area contributed by atoms with Crippen molar-refractivity contribution in [2.24, 2.45) is 0 Å². The topological polar surface area (TPSA) is 58.1 Å². The maximum atomic E-state index is 13.2. The molecule has 1 saturated heterocycles. The lowest BCUT2D eigenvalue weighted by Gasteiger charge is -2.18. The largest absolute Gasteiger partial charge is 0.342 e. The average Bonchev–Trinajstić information content (AvgIpc) is 3.18. The molecule has 5 nitrogen and oxygen atoms in total. The van der Waals surface area contributed by atoms with Gasteiger partial charge in [-0.05, 0) is 38.0 Å². The molecular formula is C15H17FN4OS2. The Labute approximate surface area is 142 Å². The van der Waals surface area contributed by atoms with Gasteiger partial charge in [0, 0.05) is 18.8 Å². The number of nitrogens with zero attached hydrogens (tertiary/aromatic N) is 3. The molecule has 8 heteroatoms. The summed E-state index contributed by atoms with van der Waals surface area (Å²) in [7, 11) is 0. The van der Waals surface area contributed by atoms with Gasteiger partial charge in [-0.25, -0.2) is 4.39 Å². The van der Waals surface area contributed by atoms with Gasteiger partial charge in [0.15, 0.2) is 4.34 Å². The van der Waals surface area contributed by atoms with Crippen LogP contribution in [0.4, 0.5) is 15.2 Å². The van der Waals surface area contributed by atoms with Crippen LogP contribution in [0.5, 0.6) is 0 Å². The highest BCUT2D eigenvalue weighted by Crippen LogP contribution is 2.31. The Morgan fingerprint density at radius 1 is 1.39 bits per heavy atom. The molecule has 1 aliphatic rings. The fraction of sp³-hybridized carbons (Fsp3) is 0.400. The number of amides is 1. The van der Waals surface area contributed by atoms with Crippen molar-refractivity contribution in [3.8, 4) is 0 Å². The molecule has 0 spiro atoms. The van der Waals surface area contributed by atoms with Crippen LogP contribution < -0.4 is 5.32 Å². The Bertz CT molecular complexity index is 688. The van der Waals surface area contributed by atoms with Crippen molar-refractivity contribution in [1.82, 2.24) is 15.1 Å². The number of hydrogen-bond donors (Lipinski definition) is 1. The Morgan fingerprint density at radius 2 is 2.17 bits per heavy atom. The minimum Gasteiger partial charge on any atom is -0.342 e. The molecule has 2 aromatic rings. The van der Waals surface area contributed by atoms with Gasteiger partial charge in [-0.1, -0.05) is 29.2 Å². The van der Waals surface area contributed by atoms with Gasteiger partial charge in [-0.3, -0.25) is 4.79 Å². The average molecular weight is 352 g/mol. The van der Waals surface area contributed by atoms with Crippen LogP contribution in [0.3, 0.4) is 0 Å². The maximum absolute atomic E-state index is 13.2. The zero-order valence-corrected chi connectivity index (χ0v) is 14.3. The van der Waals surface area contributed by atoms with E-state index in [1.165, 1.54) is 35.2 Å². The molecule has 3 rings (SSSR count). The number of benzene rings is 1. The molecule has 2 heterocycles. The van der Waals surface area contributed by atoms with E-state index in [4.69, 9.17) is 0 Å². The third-order valence-electron chi connectivity index (χ3n) is 3.53. The fourth-order valence-electron chi connectivity index (χ4n) is 2.39. The SMILES string of the molecule is C[C@H](Sc1nnc(Nc2cccc(F)c2)s1)C(=O)N1CCCC1. The van der Waals surface area contributed by atoms with Gasteiger partial charge >= 0.3 is 0 Å². The number of carbonyl (C=O) groups excluding carboxylic acids is 1. The number of hydrogen-bond acceptors (Lipinski definition) is 6. The molecule has 122 valence electrons. The number of carbonyl (C=O) groups is 1. The molecule has 23 heavy (non-hydrogen) atoms. The highest BCUT2D eigenvalue weighted by Gasteiger charge is 2.25. The van der Waals surface area contributed by atoms with E-state index in [2.05, 4.69) is 15.5 Å². The summed E-state index contributed by atoms with van der Waals surface area (Å²) in [4.78, 5) is 14.2. The Morgan fingerprint density at radius 3 is 2.91 bits per heavy atom. The summed E-state index contributed by atoms with van der Waals surface area (Å²) in [5.41, 5.74) is 0.624. The van der Waals surface area contributed by atoms with Crippen LogP contribution in [0, 0.1) is 5.82 Å². The summed E-state index contributed by atoms with van der Waals surface area (Å²) < 4.78 is 13.9. The second kappa shape index (κ2) is 7.27. The summed E-state index contributed by atoms with van der Waals surface area (Å²) in [6, 6.07) is 6.17. The summed E-state index contributed by atoms with van der Waals surface area (Å²) in [5, 5.41) is 11.6. The zero-order valence-electron chi connectivity index (χ0n) is 12.7. The second-order valence-corrected chi connectivity index (χ2v) is 7.87. The second-order valence-electron chi connectivity index (χ2n) is 5.30. The highest BCUT2D eigenvalue weighted by atomic mass is 32.2. The van der Waals surface area contributed by atoms with Gasteiger partial charge in [0.05, 0.1) is 5.25 Å². The first-order valence-electron chi connectivity index (χ1n) is 7.43. The predicted octanol–water partition coefficient (Wildman–Crippen LogP) is 3.52. The van der Waals surface area contributed by atoms with Gasteiger partial charge < -0.3 is 10.2 Å². The quantitative estimate of drug-likeness (QED) is 0.835. The molecule has 1 aromatic heterocycles. The van der Waals surface area contributed by atoms with Crippen LogP contribution in [-0.2, 0) is 4.79 Å². The Balaban J connectivity index is 1.59. The van der Waals surface area contributed by atoms with Crippen LogP contribution in [0.1, 0.15) is 19.8 Å². The summed E-state index contributed by atoms with van der Waals surface area (Å²) >= 11 is 2.77. The monoisotopic (exact) mass is 352 g/mol. The van der Waals surface area contributed by atoms with E-state index >= 15 is 0 Å². The molecule has 1 aliphatic heterocycles. The predicted molar refractivity (Wildman–Crippen MR) is 90.7 cm³/mol. The van der Waals surface area contributed by atoms with Crippen LogP contribution in [0.15, 0.2) is 28.6 Å². The number of rotatable bonds is 5. The normalized spacial score (nSPS) is 15.7. The van der Waals surface area contributed by atoms with Crippen molar-refractivity contribution in [3.63, 3.8) is 0 Å². The van der Waals surface area contributed by atoms with E-state index in [0.717, 1.165) is 30.3 Å². The number of aromatic nitrogens is 2. The zero-order chi connectivity index (χ0) is 16.2. The number of halogens is 1. The molecule has 1 amide bonds. The van der Waals surface area contributed by atoms with Crippen LogP contribution in [0.2, 0.25) is 0 Å². The molecule has 1 aromatic carbocycles. The smallest absolute Gasteiger partial charge is 0.235 e. The molecule has 1 fully saturated rings. The first-order valence-corrected chi connectivity index (χ1v) is 9.13. The van der Waals surface area contributed by atoms with Crippen LogP contribution in [0.25, 0.3) is 0 Å². The van der Waals surface area contributed by atoms with Crippen molar-refractivity contribution >= 4 is 39.8 Å². The minimum atomic E-state index is -0.307. The number of nitrogens with one attached hydrogen (secondary N) is 1. The number of anilines is 2. The fourth-order valence-corrected chi connectivity index (χ4v) is 4.39. The lowest BCUT2D eigenvalue weighted by atomic mass is 10.3. The molecule has 0 bridgehead atoms. The molecule has 0 unspecified atom stereocenters. The summed E-state index contributed by atoms with van der Waals surface area (Å²) in [6.07, 6.45) is 2.17. The van der Waals surface area contributed by atoms with Crippen molar-refractivity contribution in [2.75, 3.05) is 18.4 Å². The van der Waals surface area contributed by atoms with Crippen LogP contribution >= 0.6 is 23.1 Å². The van der Waals surface area contributed by atoms with E-state index in [1.807, 2.05) is 11.8 Å². The summed E-state index contributed by atoms with van der Waals surface area (Å²) in [6.45, 7) is 3.60. The van der Waals surface area contributed by atoms with Gasteiger partial charge in [0.2, 0.25) is 11.0 Å². The third-order valence-corrected chi connectivity index (χ3v) is 5.54. The Kier molecular flexibility index (Phi) is 5.12. The van der Waals surface area contributed by atoms with E-state index in [9.17, 15) is 9.18 Å². The van der Waals surface area contributed by atoms with E-state index in [1.54, 1.807) is 12.1 Å². The summed E-state index contributed by atoms with van der Waals surface area (Å²) in [5.74, 6) is -0.152. The van der Waals surface area contributed by atoms with E-state index in [0.29, 0.717) is 10.8 Å². The molecule has 0 saturated carbocycles. The van der Waals surface area contributed by atoms with Crippen molar-refractivity contribution < 1.29 is 9.18 Å². The highest BCUT2D eigenvalue weighted by molar-refractivity contribution is 8.02. The van der Waals surface area contributed by atoms with Gasteiger partial charge in [-0.15, -0.1) is 10.2 Å². The van der Waals surface area contributed by atoms with Gasteiger partial charge in [0.1, 0.15) is 5.82 Å². The van der Waals surface area contributed by atoms with Crippen molar-refractivity contribution in [2.45, 2.75) is 29.4 Å². The molecule has 1 atom stereocenters. The molecule has 0 aliphatic carbocycles. The maximum Gasteiger partial charge on any atom is 0.235 e. The third kappa shape index (κ3) is 4.20. The van der Waals surface area contributed by atoms with E-state index in [-0.39, 0.29) is 17.0 Å². The van der Waals surface area contributed by atoms with Gasteiger partial charge in [0.25, 0.3) is 0 Å². The lowest BCUT2D eigenvalue weighted by Crippen LogP contribution is -2.33. The first kappa shape index (κ1) is 16.2. The van der Waals surface area contributed by atoms with Crippen molar-refractivity contribution in [3.05, 3.63) is 30.1 Å². The Hall–Kier alpha value is -1.67. The first-order chi connectivity index (χ1) is 11.1. The number of likely N-dealkylation sites (tertiary alicyclic amines) is 1. The van der Waals surface area contributed by atoms with Crippen LogP contribution in [-0.4, -0.2) is 39.3 Å². The lowest BCUT2D eigenvalue weighted by molar-refractivity contribution is -0.129. The molecule has 0 radical (unpaired) electrons. The molecule has 1 N–H and O–H groups in total. The van der Waals surface area contributed by atoms with Crippen molar-refractivity contribution in [1.29, 1.82) is 0 Å². The minimum absolute atomic E-state index is 0.155. The standard InChI is InChI=1S/C15H17FN4OS2/c1-10(13(21)20-7-2-3-8-20)22-15-19-18-14(23-15)17-12-6-4-5-11(16)9-12/h4-6,9-10H,2-3,7-8H2,1H3,(H,17,18)/t10-/m0/s1. The van der Waals surface area contributed by atoms with E-state index < -0.39 is 0 Å².